The number of thiazole rings is 1. The van der Waals surface area contributed by atoms with Crippen molar-refractivity contribution in [2.45, 2.75) is 13.5 Å². The molecule has 1 fully saturated rings. The number of carbonyl (C=O) groups excluding carboxylic acids is 2. The second kappa shape index (κ2) is 9.41. The van der Waals surface area contributed by atoms with E-state index >= 15 is 0 Å². The van der Waals surface area contributed by atoms with Crippen molar-refractivity contribution in [3.63, 3.8) is 0 Å². The number of methoxy groups -OCH3 is 1. The lowest BCUT2D eigenvalue weighted by molar-refractivity contribution is 0.0570. The first-order valence-corrected chi connectivity index (χ1v) is 9.95. The zero-order valence-corrected chi connectivity index (χ0v) is 16.7. The van der Waals surface area contributed by atoms with Crippen LogP contribution in [0.1, 0.15) is 23.0 Å². The number of nitrogens with zero attached hydrogens (tertiary/aromatic N) is 3. The zero-order chi connectivity index (χ0) is 19.9. The van der Waals surface area contributed by atoms with E-state index in [1.54, 1.807) is 40.4 Å². The van der Waals surface area contributed by atoms with Crippen LogP contribution in [0.5, 0.6) is 11.5 Å². The molecule has 3 rings (SSSR count). The van der Waals surface area contributed by atoms with E-state index in [0.29, 0.717) is 56.5 Å². The maximum atomic E-state index is 12.8. The van der Waals surface area contributed by atoms with Crippen molar-refractivity contribution < 1.29 is 23.8 Å². The second-order valence-corrected chi connectivity index (χ2v) is 6.83. The van der Waals surface area contributed by atoms with Crippen LogP contribution in [0.3, 0.4) is 0 Å². The van der Waals surface area contributed by atoms with Crippen LogP contribution >= 0.6 is 11.3 Å². The first kappa shape index (κ1) is 19.9. The van der Waals surface area contributed by atoms with Crippen molar-refractivity contribution in [1.82, 2.24) is 14.8 Å². The lowest BCUT2D eigenvalue weighted by atomic mass is 10.1. The lowest BCUT2D eigenvalue weighted by Crippen LogP contribution is -2.50. The van der Waals surface area contributed by atoms with Crippen molar-refractivity contribution in [3.8, 4) is 11.5 Å². The summed E-state index contributed by atoms with van der Waals surface area (Å²) >= 11 is 1.51. The Morgan fingerprint density at radius 1 is 1.14 bits per heavy atom. The Bertz CT molecular complexity index is 804. The van der Waals surface area contributed by atoms with Crippen molar-refractivity contribution >= 4 is 23.3 Å². The summed E-state index contributed by atoms with van der Waals surface area (Å²) in [7, 11) is 1.54. The number of aromatic nitrogens is 1. The SMILES string of the molecule is CCOC(=O)N1CCN(C(=O)c2ccc(OCc3cscn3)c(OC)c2)CC1. The van der Waals surface area contributed by atoms with E-state index in [0.717, 1.165) is 5.69 Å². The van der Waals surface area contributed by atoms with Crippen LogP contribution in [0.15, 0.2) is 29.1 Å². The molecule has 1 aliphatic heterocycles. The smallest absolute Gasteiger partial charge is 0.409 e. The Balaban J connectivity index is 1.61. The number of hydrogen-bond donors (Lipinski definition) is 0. The Labute approximate surface area is 167 Å². The Morgan fingerprint density at radius 3 is 2.54 bits per heavy atom. The summed E-state index contributed by atoms with van der Waals surface area (Å²) < 4.78 is 16.1. The highest BCUT2D eigenvalue weighted by Gasteiger charge is 2.26. The van der Waals surface area contributed by atoms with Gasteiger partial charge in [-0.15, -0.1) is 11.3 Å². The van der Waals surface area contributed by atoms with E-state index in [1.165, 1.54) is 18.4 Å². The molecule has 2 amide bonds. The Morgan fingerprint density at radius 2 is 1.89 bits per heavy atom. The normalized spacial score (nSPS) is 13.9. The fourth-order valence-electron chi connectivity index (χ4n) is 2.87. The molecule has 0 N–H and O–H groups in total. The number of hydrogen-bond acceptors (Lipinski definition) is 7. The molecule has 28 heavy (non-hydrogen) atoms. The molecule has 0 bridgehead atoms. The van der Waals surface area contributed by atoms with Gasteiger partial charge in [0.05, 0.1) is 24.9 Å². The fourth-order valence-corrected chi connectivity index (χ4v) is 3.41. The van der Waals surface area contributed by atoms with Crippen molar-refractivity contribution in [3.05, 3.63) is 40.3 Å². The van der Waals surface area contributed by atoms with Crippen LogP contribution in [0, 0.1) is 0 Å². The van der Waals surface area contributed by atoms with E-state index in [4.69, 9.17) is 14.2 Å². The molecule has 1 aliphatic rings. The number of carbonyl (C=O) groups is 2. The molecule has 0 aliphatic carbocycles. The summed E-state index contributed by atoms with van der Waals surface area (Å²) in [6.07, 6.45) is -0.335. The van der Waals surface area contributed by atoms with Gasteiger partial charge in [-0.25, -0.2) is 9.78 Å². The average molecular weight is 405 g/mol. The number of rotatable bonds is 6. The number of piperazine rings is 1. The first-order valence-electron chi connectivity index (χ1n) is 9.01. The van der Waals surface area contributed by atoms with E-state index in [1.807, 2.05) is 5.38 Å². The molecule has 0 atom stereocenters. The molecule has 2 heterocycles. The van der Waals surface area contributed by atoms with Gasteiger partial charge in [-0.05, 0) is 25.1 Å². The highest BCUT2D eigenvalue weighted by atomic mass is 32.1. The zero-order valence-electron chi connectivity index (χ0n) is 15.9. The molecule has 9 heteroatoms. The summed E-state index contributed by atoms with van der Waals surface area (Å²) in [5.41, 5.74) is 3.11. The highest BCUT2D eigenvalue weighted by molar-refractivity contribution is 7.07. The molecule has 1 aromatic carbocycles. The van der Waals surface area contributed by atoms with Gasteiger partial charge >= 0.3 is 6.09 Å². The minimum Gasteiger partial charge on any atom is -0.493 e. The molecular formula is C19H23N3O5S. The highest BCUT2D eigenvalue weighted by Crippen LogP contribution is 2.29. The van der Waals surface area contributed by atoms with Gasteiger partial charge in [0.25, 0.3) is 5.91 Å². The Hall–Kier alpha value is -2.81. The number of ether oxygens (including phenoxy) is 3. The molecule has 0 saturated carbocycles. The third-order valence-electron chi connectivity index (χ3n) is 4.36. The predicted molar refractivity (Wildman–Crippen MR) is 104 cm³/mol. The van der Waals surface area contributed by atoms with Gasteiger partial charge in [-0.2, -0.15) is 0 Å². The summed E-state index contributed by atoms with van der Waals surface area (Å²) in [6, 6.07) is 5.13. The van der Waals surface area contributed by atoms with Gasteiger partial charge in [0.2, 0.25) is 0 Å². The van der Waals surface area contributed by atoms with Crippen LogP contribution < -0.4 is 9.47 Å². The molecule has 0 unspecified atom stereocenters. The summed E-state index contributed by atoms with van der Waals surface area (Å²) in [5, 5.41) is 1.92. The minimum absolute atomic E-state index is 0.104. The molecule has 1 aromatic heterocycles. The van der Waals surface area contributed by atoms with Gasteiger partial charge < -0.3 is 24.0 Å². The monoisotopic (exact) mass is 405 g/mol. The van der Waals surface area contributed by atoms with Crippen LogP contribution in [0.25, 0.3) is 0 Å². The van der Waals surface area contributed by atoms with Crippen LogP contribution in [0.2, 0.25) is 0 Å². The molecule has 1 saturated heterocycles. The first-order chi connectivity index (χ1) is 13.6. The van der Waals surface area contributed by atoms with Crippen LogP contribution in [-0.4, -0.2) is 66.7 Å². The van der Waals surface area contributed by atoms with Crippen LogP contribution in [0.4, 0.5) is 4.79 Å². The van der Waals surface area contributed by atoms with E-state index in [-0.39, 0.29) is 12.0 Å². The van der Waals surface area contributed by atoms with Gasteiger partial charge in [0.1, 0.15) is 6.61 Å². The number of benzene rings is 1. The summed E-state index contributed by atoms with van der Waals surface area (Å²) in [4.78, 5) is 32.1. The Kier molecular flexibility index (Phi) is 6.70. The molecule has 8 nitrogen and oxygen atoms in total. The van der Waals surface area contributed by atoms with Crippen molar-refractivity contribution in [2.24, 2.45) is 0 Å². The van der Waals surface area contributed by atoms with Gasteiger partial charge in [-0.1, -0.05) is 0 Å². The molecular weight excluding hydrogens is 382 g/mol. The number of amides is 2. The van der Waals surface area contributed by atoms with Crippen molar-refractivity contribution in [1.29, 1.82) is 0 Å². The molecule has 2 aromatic rings. The largest absolute Gasteiger partial charge is 0.493 e. The second-order valence-electron chi connectivity index (χ2n) is 6.11. The summed E-state index contributed by atoms with van der Waals surface area (Å²) in [5.74, 6) is 0.943. The standard InChI is InChI=1S/C19H23N3O5S/c1-3-26-19(24)22-8-6-21(7-9-22)18(23)14-4-5-16(17(10-14)25-2)27-11-15-12-28-13-20-15/h4-5,10,12-13H,3,6-9,11H2,1-2H3. The van der Waals surface area contributed by atoms with Gasteiger partial charge in [-0.3, -0.25) is 4.79 Å². The third kappa shape index (κ3) is 4.72. The van der Waals surface area contributed by atoms with E-state index in [2.05, 4.69) is 4.98 Å². The quantitative estimate of drug-likeness (QED) is 0.735. The third-order valence-corrected chi connectivity index (χ3v) is 5.00. The molecule has 150 valence electrons. The molecule has 0 radical (unpaired) electrons. The maximum Gasteiger partial charge on any atom is 0.409 e. The fraction of sp³-hybridized carbons (Fsp3) is 0.421. The molecule has 0 spiro atoms. The van der Waals surface area contributed by atoms with Gasteiger partial charge in [0, 0.05) is 37.1 Å². The van der Waals surface area contributed by atoms with E-state index < -0.39 is 0 Å². The lowest BCUT2D eigenvalue weighted by Gasteiger charge is -2.34. The van der Waals surface area contributed by atoms with Crippen LogP contribution in [-0.2, 0) is 11.3 Å². The minimum atomic E-state index is -0.335. The predicted octanol–water partition coefficient (Wildman–Crippen LogP) is 2.65. The average Bonchev–Trinajstić information content (AvgIpc) is 3.25. The summed E-state index contributed by atoms with van der Waals surface area (Å²) in [6.45, 7) is 4.28. The van der Waals surface area contributed by atoms with Crippen molar-refractivity contribution in [2.75, 3.05) is 39.9 Å². The van der Waals surface area contributed by atoms with E-state index in [9.17, 15) is 9.59 Å². The topological polar surface area (TPSA) is 81.2 Å². The van der Waals surface area contributed by atoms with Gasteiger partial charge in [0.15, 0.2) is 11.5 Å². The maximum absolute atomic E-state index is 12.8.